The van der Waals surface area contributed by atoms with Gasteiger partial charge in [-0.2, -0.15) is 0 Å². The summed E-state index contributed by atoms with van der Waals surface area (Å²) in [7, 11) is 0. The maximum atomic E-state index is 11.9. The van der Waals surface area contributed by atoms with Gasteiger partial charge in [0.1, 0.15) is 5.69 Å². The Hall–Kier alpha value is -1.43. The zero-order valence-corrected chi connectivity index (χ0v) is 12.5. The van der Waals surface area contributed by atoms with Gasteiger partial charge in [-0.15, -0.1) is 11.3 Å². The Kier molecular flexibility index (Phi) is 5.52. The quantitative estimate of drug-likeness (QED) is 0.860. The second kappa shape index (κ2) is 7.38. The van der Waals surface area contributed by atoms with E-state index >= 15 is 0 Å². The van der Waals surface area contributed by atoms with Crippen LogP contribution < -0.4 is 11.1 Å². The van der Waals surface area contributed by atoms with E-state index in [0.717, 1.165) is 17.0 Å². The molecule has 4 nitrogen and oxygen atoms in total. The Morgan fingerprint density at radius 1 is 1.40 bits per heavy atom. The van der Waals surface area contributed by atoms with Gasteiger partial charge in [0.05, 0.1) is 5.01 Å². The predicted octanol–water partition coefficient (Wildman–Crippen LogP) is 2.27. The highest BCUT2D eigenvalue weighted by Crippen LogP contribution is 2.11. The van der Waals surface area contributed by atoms with Gasteiger partial charge in [-0.1, -0.05) is 23.7 Å². The lowest BCUT2D eigenvalue weighted by molar-refractivity contribution is 0.0949. The van der Waals surface area contributed by atoms with Crippen LogP contribution in [0.1, 0.15) is 21.1 Å². The first-order valence-corrected chi connectivity index (χ1v) is 7.62. The first kappa shape index (κ1) is 15.0. The number of thiazole rings is 1. The lowest BCUT2D eigenvalue weighted by atomic mass is 10.1. The number of nitrogens with zero attached hydrogens (tertiary/aromatic N) is 1. The average Bonchev–Trinajstić information content (AvgIpc) is 2.88. The second-order valence-electron chi connectivity index (χ2n) is 4.30. The van der Waals surface area contributed by atoms with Crippen LogP contribution >= 0.6 is 22.9 Å². The molecule has 1 amide bonds. The summed E-state index contributed by atoms with van der Waals surface area (Å²) >= 11 is 7.37. The van der Waals surface area contributed by atoms with Crippen LogP contribution in [0.15, 0.2) is 29.6 Å². The summed E-state index contributed by atoms with van der Waals surface area (Å²) in [6, 6.07) is 7.62. The molecule has 0 saturated heterocycles. The summed E-state index contributed by atoms with van der Waals surface area (Å²) in [6.07, 6.45) is 1.45. The van der Waals surface area contributed by atoms with E-state index in [1.807, 2.05) is 24.3 Å². The van der Waals surface area contributed by atoms with E-state index in [2.05, 4.69) is 10.3 Å². The van der Waals surface area contributed by atoms with Crippen molar-refractivity contribution in [2.24, 2.45) is 5.73 Å². The van der Waals surface area contributed by atoms with E-state index < -0.39 is 0 Å². The first-order valence-electron chi connectivity index (χ1n) is 6.36. The average molecular weight is 310 g/mol. The zero-order valence-electron chi connectivity index (χ0n) is 10.9. The molecule has 3 N–H and O–H groups in total. The van der Waals surface area contributed by atoms with Gasteiger partial charge in [-0.3, -0.25) is 4.79 Å². The maximum Gasteiger partial charge on any atom is 0.270 e. The highest BCUT2D eigenvalue weighted by atomic mass is 35.5. The second-order valence-corrected chi connectivity index (χ2v) is 5.68. The molecule has 0 spiro atoms. The fourth-order valence-corrected chi connectivity index (χ4v) is 2.76. The van der Waals surface area contributed by atoms with Crippen LogP contribution in [0.3, 0.4) is 0 Å². The molecule has 0 aliphatic rings. The van der Waals surface area contributed by atoms with Gasteiger partial charge in [0.15, 0.2) is 0 Å². The van der Waals surface area contributed by atoms with E-state index in [9.17, 15) is 4.79 Å². The van der Waals surface area contributed by atoms with Crippen molar-refractivity contribution >= 4 is 28.8 Å². The van der Waals surface area contributed by atoms with E-state index in [4.69, 9.17) is 17.3 Å². The van der Waals surface area contributed by atoms with Crippen LogP contribution in [-0.2, 0) is 12.8 Å². The standard InChI is InChI=1S/C14H16ClN3OS/c15-11-3-1-2-10(8-11)5-7-17-14(19)12-9-20-13(18-12)4-6-16/h1-3,8-9H,4-7,16H2,(H,17,19). The number of amides is 1. The molecular weight excluding hydrogens is 294 g/mol. The van der Waals surface area contributed by atoms with Gasteiger partial charge in [0.2, 0.25) is 0 Å². The summed E-state index contributed by atoms with van der Waals surface area (Å²) in [5.41, 5.74) is 7.02. The predicted molar refractivity (Wildman–Crippen MR) is 82.4 cm³/mol. The smallest absolute Gasteiger partial charge is 0.270 e. The molecule has 6 heteroatoms. The molecule has 0 aliphatic carbocycles. The van der Waals surface area contributed by atoms with Crippen molar-refractivity contribution in [3.63, 3.8) is 0 Å². The maximum absolute atomic E-state index is 11.9. The third-order valence-electron chi connectivity index (χ3n) is 2.73. The van der Waals surface area contributed by atoms with Crippen molar-refractivity contribution in [3.8, 4) is 0 Å². The Balaban J connectivity index is 1.82. The number of rotatable bonds is 6. The number of nitrogens with one attached hydrogen (secondary N) is 1. The van der Waals surface area contributed by atoms with Crippen LogP contribution in [-0.4, -0.2) is 24.0 Å². The number of halogens is 1. The molecule has 0 fully saturated rings. The molecule has 2 aromatic rings. The molecular formula is C14H16ClN3OS. The summed E-state index contributed by atoms with van der Waals surface area (Å²) in [5.74, 6) is -0.147. The van der Waals surface area contributed by atoms with E-state index in [-0.39, 0.29) is 5.91 Å². The number of carbonyl (C=O) groups is 1. The Labute approximate surface area is 127 Å². The number of hydrogen-bond acceptors (Lipinski definition) is 4. The van der Waals surface area contributed by atoms with Crippen LogP contribution in [0.5, 0.6) is 0 Å². The van der Waals surface area contributed by atoms with Crippen LogP contribution in [0, 0.1) is 0 Å². The summed E-state index contributed by atoms with van der Waals surface area (Å²) < 4.78 is 0. The van der Waals surface area contributed by atoms with Gasteiger partial charge >= 0.3 is 0 Å². The van der Waals surface area contributed by atoms with Crippen LogP contribution in [0.4, 0.5) is 0 Å². The van der Waals surface area contributed by atoms with Crippen molar-refractivity contribution in [1.29, 1.82) is 0 Å². The summed E-state index contributed by atoms with van der Waals surface area (Å²) in [4.78, 5) is 16.1. The number of carbonyl (C=O) groups excluding carboxylic acids is 1. The normalized spacial score (nSPS) is 10.5. The van der Waals surface area contributed by atoms with Gasteiger partial charge in [-0.25, -0.2) is 4.98 Å². The van der Waals surface area contributed by atoms with Crippen molar-refractivity contribution in [3.05, 3.63) is 50.9 Å². The molecule has 1 aromatic carbocycles. The number of nitrogens with two attached hydrogens (primary N) is 1. The minimum Gasteiger partial charge on any atom is -0.350 e. The third-order valence-corrected chi connectivity index (χ3v) is 3.87. The van der Waals surface area contributed by atoms with Crippen LogP contribution in [0.2, 0.25) is 5.02 Å². The molecule has 106 valence electrons. The Bertz CT molecular complexity index is 585. The van der Waals surface area contributed by atoms with Gasteiger partial charge in [0.25, 0.3) is 5.91 Å². The van der Waals surface area contributed by atoms with Crippen molar-refractivity contribution in [1.82, 2.24) is 10.3 Å². The number of hydrogen-bond donors (Lipinski definition) is 2. The lowest BCUT2D eigenvalue weighted by Crippen LogP contribution is -2.26. The number of benzene rings is 1. The monoisotopic (exact) mass is 309 g/mol. The van der Waals surface area contributed by atoms with Crippen LogP contribution in [0.25, 0.3) is 0 Å². The van der Waals surface area contributed by atoms with E-state index in [1.165, 1.54) is 11.3 Å². The summed E-state index contributed by atoms with van der Waals surface area (Å²) in [6.45, 7) is 1.10. The lowest BCUT2D eigenvalue weighted by Gasteiger charge is -2.04. The Morgan fingerprint density at radius 2 is 2.25 bits per heavy atom. The molecule has 0 bridgehead atoms. The molecule has 0 unspecified atom stereocenters. The fraction of sp³-hybridized carbons (Fsp3) is 0.286. The summed E-state index contributed by atoms with van der Waals surface area (Å²) in [5, 5.41) is 6.22. The molecule has 0 radical (unpaired) electrons. The third kappa shape index (κ3) is 4.30. The van der Waals surface area contributed by atoms with Crippen molar-refractivity contribution in [2.75, 3.05) is 13.1 Å². The van der Waals surface area contributed by atoms with Gasteiger partial charge < -0.3 is 11.1 Å². The Morgan fingerprint density at radius 3 is 3.00 bits per heavy atom. The minimum absolute atomic E-state index is 0.147. The molecule has 0 atom stereocenters. The van der Waals surface area contributed by atoms with Crippen molar-refractivity contribution < 1.29 is 4.79 Å². The highest BCUT2D eigenvalue weighted by Gasteiger charge is 2.09. The fourth-order valence-electron chi connectivity index (χ4n) is 1.76. The largest absolute Gasteiger partial charge is 0.350 e. The molecule has 2 rings (SSSR count). The topological polar surface area (TPSA) is 68.0 Å². The van der Waals surface area contributed by atoms with Gasteiger partial charge in [-0.05, 0) is 30.7 Å². The SMILES string of the molecule is NCCc1nc(C(=O)NCCc2cccc(Cl)c2)cs1. The molecule has 20 heavy (non-hydrogen) atoms. The molecule has 0 aliphatic heterocycles. The van der Waals surface area contributed by atoms with E-state index in [0.29, 0.717) is 30.2 Å². The number of aromatic nitrogens is 1. The zero-order chi connectivity index (χ0) is 14.4. The van der Waals surface area contributed by atoms with Gasteiger partial charge in [0, 0.05) is 23.4 Å². The van der Waals surface area contributed by atoms with E-state index in [1.54, 1.807) is 5.38 Å². The van der Waals surface area contributed by atoms with Crippen molar-refractivity contribution in [2.45, 2.75) is 12.8 Å². The molecule has 1 aromatic heterocycles. The minimum atomic E-state index is -0.147. The molecule has 0 saturated carbocycles. The highest BCUT2D eigenvalue weighted by molar-refractivity contribution is 7.09. The molecule has 1 heterocycles. The first-order chi connectivity index (χ1) is 9.69.